The SMILES string of the molecule is CCOC(=O)C(N)Cc1ccccc1N1CCC(O)CC1. The van der Waals surface area contributed by atoms with Crippen LogP contribution in [0.15, 0.2) is 24.3 Å². The van der Waals surface area contributed by atoms with E-state index >= 15 is 0 Å². The van der Waals surface area contributed by atoms with Gasteiger partial charge in [-0.2, -0.15) is 0 Å². The monoisotopic (exact) mass is 292 g/mol. The van der Waals surface area contributed by atoms with Gasteiger partial charge >= 0.3 is 5.97 Å². The van der Waals surface area contributed by atoms with Crippen LogP contribution in [0.1, 0.15) is 25.3 Å². The molecule has 1 aliphatic rings. The lowest BCUT2D eigenvalue weighted by molar-refractivity contribution is -0.144. The van der Waals surface area contributed by atoms with Crippen molar-refractivity contribution in [2.24, 2.45) is 5.73 Å². The second-order valence-electron chi connectivity index (χ2n) is 5.41. The van der Waals surface area contributed by atoms with Gasteiger partial charge in [0.05, 0.1) is 12.7 Å². The highest BCUT2D eigenvalue weighted by atomic mass is 16.5. The summed E-state index contributed by atoms with van der Waals surface area (Å²) in [6, 6.07) is 7.35. The van der Waals surface area contributed by atoms with Crippen LogP contribution in [0, 0.1) is 0 Å². The number of esters is 1. The molecule has 5 heteroatoms. The van der Waals surface area contributed by atoms with Crippen molar-refractivity contribution < 1.29 is 14.6 Å². The summed E-state index contributed by atoms with van der Waals surface area (Å²) in [4.78, 5) is 13.9. The maximum Gasteiger partial charge on any atom is 0.323 e. The van der Waals surface area contributed by atoms with Gasteiger partial charge in [0, 0.05) is 25.2 Å². The van der Waals surface area contributed by atoms with E-state index in [1.54, 1.807) is 6.92 Å². The van der Waals surface area contributed by atoms with E-state index in [4.69, 9.17) is 10.5 Å². The molecule has 3 N–H and O–H groups in total. The standard InChI is InChI=1S/C16H24N2O3/c1-2-21-16(20)14(17)11-12-5-3-4-6-15(12)18-9-7-13(19)8-10-18/h3-6,13-14,19H,2,7-11,17H2,1H3. The molecule has 0 amide bonds. The molecule has 21 heavy (non-hydrogen) atoms. The number of hydrogen-bond acceptors (Lipinski definition) is 5. The molecule has 1 aliphatic heterocycles. The van der Waals surface area contributed by atoms with Crippen LogP contribution in [0.4, 0.5) is 5.69 Å². The van der Waals surface area contributed by atoms with Gasteiger partial charge in [0.15, 0.2) is 0 Å². The van der Waals surface area contributed by atoms with Crippen molar-refractivity contribution in [3.8, 4) is 0 Å². The van der Waals surface area contributed by atoms with Crippen LogP contribution in [0.3, 0.4) is 0 Å². The van der Waals surface area contributed by atoms with Crippen LogP contribution in [0.25, 0.3) is 0 Å². The zero-order valence-electron chi connectivity index (χ0n) is 12.5. The third-order valence-electron chi connectivity index (χ3n) is 3.83. The van der Waals surface area contributed by atoms with Crippen LogP contribution < -0.4 is 10.6 Å². The number of aliphatic hydroxyl groups is 1. The first-order chi connectivity index (χ1) is 10.1. The summed E-state index contributed by atoms with van der Waals surface area (Å²) >= 11 is 0. The molecule has 1 unspecified atom stereocenters. The lowest BCUT2D eigenvalue weighted by Gasteiger charge is -2.33. The quantitative estimate of drug-likeness (QED) is 0.794. The number of carbonyl (C=O) groups excluding carboxylic acids is 1. The summed E-state index contributed by atoms with van der Waals surface area (Å²) < 4.78 is 4.96. The molecule has 2 rings (SSSR count). The van der Waals surface area contributed by atoms with Crippen molar-refractivity contribution in [1.29, 1.82) is 0 Å². The number of rotatable bonds is 5. The molecule has 0 aliphatic carbocycles. The third kappa shape index (κ3) is 4.19. The Morgan fingerprint density at radius 1 is 1.43 bits per heavy atom. The van der Waals surface area contributed by atoms with Crippen LogP contribution in [-0.2, 0) is 16.0 Å². The molecule has 1 saturated heterocycles. The summed E-state index contributed by atoms with van der Waals surface area (Å²) in [5.74, 6) is -0.360. The number of para-hydroxylation sites is 1. The number of aliphatic hydroxyl groups excluding tert-OH is 1. The summed E-state index contributed by atoms with van der Waals surface area (Å²) in [6.07, 6.45) is 1.82. The molecule has 1 heterocycles. The molecule has 1 fully saturated rings. The predicted molar refractivity (Wildman–Crippen MR) is 82.2 cm³/mol. The number of benzene rings is 1. The molecule has 1 atom stereocenters. The summed E-state index contributed by atoms with van der Waals surface area (Å²) in [6.45, 7) is 3.77. The van der Waals surface area contributed by atoms with Crippen molar-refractivity contribution in [3.05, 3.63) is 29.8 Å². The highest BCUT2D eigenvalue weighted by Gasteiger charge is 2.21. The number of nitrogens with two attached hydrogens (primary N) is 1. The van der Waals surface area contributed by atoms with E-state index in [9.17, 15) is 9.90 Å². The largest absolute Gasteiger partial charge is 0.465 e. The molecule has 1 aromatic carbocycles. The van der Waals surface area contributed by atoms with Crippen molar-refractivity contribution in [1.82, 2.24) is 0 Å². The molecule has 116 valence electrons. The van der Waals surface area contributed by atoms with Crippen molar-refractivity contribution in [3.63, 3.8) is 0 Å². The first kappa shape index (κ1) is 15.8. The van der Waals surface area contributed by atoms with Crippen LogP contribution in [-0.4, -0.2) is 42.9 Å². The maximum atomic E-state index is 11.7. The van der Waals surface area contributed by atoms with E-state index in [0.29, 0.717) is 13.0 Å². The average Bonchev–Trinajstić information content (AvgIpc) is 2.49. The Hall–Kier alpha value is -1.59. The van der Waals surface area contributed by atoms with Gasteiger partial charge in [-0.05, 0) is 31.4 Å². The van der Waals surface area contributed by atoms with E-state index in [2.05, 4.69) is 4.90 Å². The van der Waals surface area contributed by atoms with Gasteiger partial charge in [0.1, 0.15) is 6.04 Å². The molecular formula is C16H24N2O3. The zero-order valence-corrected chi connectivity index (χ0v) is 12.5. The Morgan fingerprint density at radius 2 is 2.10 bits per heavy atom. The number of nitrogens with zero attached hydrogens (tertiary/aromatic N) is 1. The molecule has 0 aromatic heterocycles. The Kier molecular flexibility index (Phi) is 5.59. The Bertz CT molecular complexity index is 470. The zero-order chi connectivity index (χ0) is 15.2. The van der Waals surface area contributed by atoms with Gasteiger partial charge in [-0.15, -0.1) is 0 Å². The molecular weight excluding hydrogens is 268 g/mol. The molecule has 0 spiro atoms. The highest BCUT2D eigenvalue weighted by Crippen LogP contribution is 2.25. The fourth-order valence-corrected chi connectivity index (χ4v) is 2.67. The van der Waals surface area contributed by atoms with Gasteiger partial charge in [-0.3, -0.25) is 4.79 Å². The molecule has 0 bridgehead atoms. The number of hydrogen-bond donors (Lipinski definition) is 2. The number of carbonyl (C=O) groups is 1. The van der Waals surface area contributed by atoms with Crippen LogP contribution in [0.5, 0.6) is 0 Å². The second kappa shape index (κ2) is 7.43. The lowest BCUT2D eigenvalue weighted by atomic mass is 10.0. The van der Waals surface area contributed by atoms with E-state index in [1.165, 1.54) is 0 Å². The van der Waals surface area contributed by atoms with Crippen molar-refractivity contribution >= 4 is 11.7 Å². The summed E-state index contributed by atoms with van der Waals surface area (Å²) in [5.41, 5.74) is 8.07. The molecule has 1 aromatic rings. The van der Waals surface area contributed by atoms with Crippen LogP contribution >= 0.6 is 0 Å². The first-order valence-corrected chi connectivity index (χ1v) is 7.55. The second-order valence-corrected chi connectivity index (χ2v) is 5.41. The molecule has 0 radical (unpaired) electrons. The van der Waals surface area contributed by atoms with E-state index in [0.717, 1.165) is 37.2 Å². The van der Waals surface area contributed by atoms with Gasteiger partial charge in [0.25, 0.3) is 0 Å². The summed E-state index contributed by atoms with van der Waals surface area (Å²) in [5, 5.41) is 9.61. The molecule has 0 saturated carbocycles. The fourth-order valence-electron chi connectivity index (χ4n) is 2.67. The van der Waals surface area contributed by atoms with Gasteiger partial charge in [-0.1, -0.05) is 18.2 Å². The van der Waals surface area contributed by atoms with Gasteiger partial charge < -0.3 is 20.5 Å². The minimum absolute atomic E-state index is 0.199. The number of ether oxygens (including phenoxy) is 1. The minimum atomic E-state index is -0.638. The first-order valence-electron chi connectivity index (χ1n) is 7.55. The van der Waals surface area contributed by atoms with E-state index in [-0.39, 0.29) is 12.1 Å². The van der Waals surface area contributed by atoms with E-state index in [1.807, 2.05) is 24.3 Å². The van der Waals surface area contributed by atoms with Gasteiger partial charge in [0.2, 0.25) is 0 Å². The Morgan fingerprint density at radius 3 is 2.76 bits per heavy atom. The summed E-state index contributed by atoms with van der Waals surface area (Å²) in [7, 11) is 0. The Labute approximate surface area is 125 Å². The molecule has 5 nitrogen and oxygen atoms in total. The average molecular weight is 292 g/mol. The fraction of sp³-hybridized carbons (Fsp3) is 0.562. The van der Waals surface area contributed by atoms with E-state index < -0.39 is 6.04 Å². The topological polar surface area (TPSA) is 75.8 Å². The number of piperidine rings is 1. The lowest BCUT2D eigenvalue weighted by Crippen LogP contribution is -2.38. The van der Waals surface area contributed by atoms with Crippen molar-refractivity contribution in [2.75, 3.05) is 24.6 Å². The normalized spacial score (nSPS) is 17.6. The van der Waals surface area contributed by atoms with Gasteiger partial charge in [-0.25, -0.2) is 0 Å². The third-order valence-corrected chi connectivity index (χ3v) is 3.83. The predicted octanol–water partition coefficient (Wildman–Crippen LogP) is 1.08. The minimum Gasteiger partial charge on any atom is -0.465 e. The Balaban J connectivity index is 2.08. The smallest absolute Gasteiger partial charge is 0.323 e. The van der Waals surface area contributed by atoms with Crippen molar-refractivity contribution in [2.45, 2.75) is 38.3 Å². The number of anilines is 1. The maximum absolute atomic E-state index is 11.7. The highest BCUT2D eigenvalue weighted by molar-refractivity contribution is 5.76. The van der Waals surface area contributed by atoms with Crippen LogP contribution in [0.2, 0.25) is 0 Å².